The van der Waals surface area contributed by atoms with Gasteiger partial charge < -0.3 is 10.2 Å². The Balaban J connectivity index is 0.00000176. The van der Waals surface area contributed by atoms with Crippen molar-refractivity contribution in [2.24, 2.45) is 5.92 Å². The van der Waals surface area contributed by atoms with Gasteiger partial charge >= 0.3 is 0 Å². The number of thioether (sulfide) groups is 1. The molecule has 1 aliphatic heterocycles. The van der Waals surface area contributed by atoms with E-state index in [0.29, 0.717) is 6.54 Å². The number of aryl methyl sites for hydroxylation is 1. The van der Waals surface area contributed by atoms with Gasteiger partial charge in [0.15, 0.2) is 0 Å². The summed E-state index contributed by atoms with van der Waals surface area (Å²) in [6.07, 6.45) is 2.65. The molecule has 122 valence electrons. The molecular weight excluding hydrogens is 316 g/mol. The number of nitrogens with one attached hydrogen (secondary N) is 1. The second-order valence-electron chi connectivity index (χ2n) is 6.16. The number of halogens is 1. The van der Waals surface area contributed by atoms with Crippen molar-refractivity contribution in [3.8, 4) is 0 Å². The van der Waals surface area contributed by atoms with Crippen LogP contribution in [-0.4, -0.2) is 41.9 Å². The lowest BCUT2D eigenvalue weighted by atomic mass is 10.0. The van der Waals surface area contributed by atoms with Crippen LogP contribution in [-0.2, 0) is 4.79 Å². The number of hydrogen-bond donors (Lipinski definition) is 1. The van der Waals surface area contributed by atoms with Crippen molar-refractivity contribution < 1.29 is 4.79 Å². The summed E-state index contributed by atoms with van der Waals surface area (Å²) in [7, 11) is 0. The van der Waals surface area contributed by atoms with Crippen LogP contribution < -0.4 is 5.32 Å². The Hall–Kier alpha value is -0.710. The van der Waals surface area contributed by atoms with Crippen LogP contribution in [0.2, 0.25) is 0 Å². The molecule has 3 nitrogen and oxygen atoms in total. The van der Waals surface area contributed by atoms with Crippen LogP contribution in [0.25, 0.3) is 0 Å². The molecular formula is C17H25ClN2OS. The summed E-state index contributed by atoms with van der Waals surface area (Å²) < 4.78 is 0. The summed E-state index contributed by atoms with van der Waals surface area (Å²) in [5, 5.41) is 3.33. The molecule has 1 N–H and O–H groups in total. The highest BCUT2D eigenvalue weighted by Gasteiger charge is 2.28. The largest absolute Gasteiger partial charge is 0.333 e. The van der Waals surface area contributed by atoms with Gasteiger partial charge in [0.05, 0.1) is 12.6 Å². The SMILES string of the molecule is Cc1ccc(C2CSCCN2C(=O)CNCC2CC2)cc1.Cl. The number of carbonyl (C=O) groups excluding carboxylic acids is 1. The number of carbonyl (C=O) groups is 1. The van der Waals surface area contributed by atoms with E-state index in [-0.39, 0.29) is 24.4 Å². The lowest BCUT2D eigenvalue weighted by Gasteiger charge is -2.36. The minimum absolute atomic E-state index is 0. The summed E-state index contributed by atoms with van der Waals surface area (Å²) in [5.41, 5.74) is 2.54. The molecule has 1 heterocycles. The van der Waals surface area contributed by atoms with Gasteiger partial charge in [0.2, 0.25) is 5.91 Å². The zero-order valence-electron chi connectivity index (χ0n) is 13.1. The number of nitrogens with zero attached hydrogens (tertiary/aromatic N) is 1. The molecule has 1 saturated carbocycles. The molecule has 1 aromatic carbocycles. The van der Waals surface area contributed by atoms with E-state index in [9.17, 15) is 4.79 Å². The number of benzene rings is 1. The Morgan fingerprint density at radius 1 is 1.32 bits per heavy atom. The molecule has 22 heavy (non-hydrogen) atoms. The van der Waals surface area contributed by atoms with Crippen LogP contribution in [0.1, 0.15) is 30.0 Å². The van der Waals surface area contributed by atoms with E-state index in [0.717, 1.165) is 30.5 Å². The van der Waals surface area contributed by atoms with Gasteiger partial charge in [-0.25, -0.2) is 0 Å². The van der Waals surface area contributed by atoms with E-state index in [2.05, 4.69) is 41.4 Å². The maximum absolute atomic E-state index is 12.5. The predicted molar refractivity (Wildman–Crippen MR) is 95.8 cm³/mol. The Labute approximate surface area is 143 Å². The third kappa shape index (κ3) is 4.64. The molecule has 3 rings (SSSR count). The van der Waals surface area contributed by atoms with Gasteiger partial charge in [-0.1, -0.05) is 29.8 Å². The minimum atomic E-state index is 0. The quantitative estimate of drug-likeness (QED) is 0.894. The zero-order valence-corrected chi connectivity index (χ0v) is 14.7. The van der Waals surface area contributed by atoms with Gasteiger partial charge in [0.25, 0.3) is 0 Å². The van der Waals surface area contributed by atoms with Crippen LogP contribution >= 0.6 is 24.2 Å². The molecule has 1 saturated heterocycles. The molecule has 0 radical (unpaired) electrons. The summed E-state index contributed by atoms with van der Waals surface area (Å²) in [6, 6.07) is 8.86. The fraction of sp³-hybridized carbons (Fsp3) is 0.588. The molecule has 2 fully saturated rings. The fourth-order valence-electron chi connectivity index (χ4n) is 2.77. The predicted octanol–water partition coefficient (Wildman–Crippen LogP) is 3.03. The molecule has 0 spiro atoms. The monoisotopic (exact) mass is 340 g/mol. The Kier molecular flexibility index (Phi) is 6.60. The molecule has 2 aliphatic rings. The third-order valence-corrected chi connectivity index (χ3v) is 5.34. The average Bonchev–Trinajstić information content (AvgIpc) is 3.32. The van der Waals surface area contributed by atoms with Crippen LogP contribution in [0, 0.1) is 12.8 Å². The maximum Gasteiger partial charge on any atom is 0.237 e. The number of amides is 1. The van der Waals surface area contributed by atoms with Crippen molar-refractivity contribution in [2.75, 3.05) is 31.1 Å². The lowest BCUT2D eigenvalue weighted by Crippen LogP contribution is -2.45. The molecule has 1 aliphatic carbocycles. The summed E-state index contributed by atoms with van der Waals surface area (Å²) in [4.78, 5) is 14.6. The van der Waals surface area contributed by atoms with Crippen LogP contribution in [0.4, 0.5) is 0 Å². The molecule has 1 aromatic rings. The van der Waals surface area contributed by atoms with E-state index in [1.54, 1.807) is 0 Å². The fourth-order valence-corrected chi connectivity index (χ4v) is 3.86. The van der Waals surface area contributed by atoms with Crippen LogP contribution in [0.15, 0.2) is 24.3 Å². The third-order valence-electron chi connectivity index (χ3n) is 4.32. The highest BCUT2D eigenvalue weighted by molar-refractivity contribution is 7.99. The van der Waals surface area contributed by atoms with Crippen molar-refractivity contribution in [1.82, 2.24) is 10.2 Å². The summed E-state index contributed by atoms with van der Waals surface area (Å²) in [5.74, 6) is 3.14. The lowest BCUT2D eigenvalue weighted by molar-refractivity contribution is -0.132. The van der Waals surface area contributed by atoms with Crippen molar-refractivity contribution in [3.63, 3.8) is 0 Å². The normalized spacial score (nSPS) is 21.3. The molecule has 5 heteroatoms. The van der Waals surface area contributed by atoms with E-state index in [1.807, 2.05) is 11.8 Å². The molecule has 0 aromatic heterocycles. The van der Waals surface area contributed by atoms with Gasteiger partial charge in [0.1, 0.15) is 0 Å². The zero-order chi connectivity index (χ0) is 14.7. The van der Waals surface area contributed by atoms with Crippen LogP contribution in [0.5, 0.6) is 0 Å². The first kappa shape index (κ1) is 17.6. The van der Waals surface area contributed by atoms with Gasteiger partial charge in [-0.05, 0) is 37.8 Å². The highest BCUT2D eigenvalue weighted by atomic mass is 35.5. The summed E-state index contributed by atoms with van der Waals surface area (Å²) >= 11 is 1.95. The standard InChI is InChI=1S/C17H24N2OS.ClH/c1-13-2-6-15(7-3-13)16-12-21-9-8-19(16)17(20)11-18-10-14-4-5-14;/h2-3,6-7,14,16,18H,4-5,8-12H2,1H3;1H. The average molecular weight is 341 g/mol. The van der Waals surface area contributed by atoms with E-state index >= 15 is 0 Å². The van der Waals surface area contributed by atoms with E-state index < -0.39 is 0 Å². The second kappa shape index (κ2) is 8.23. The van der Waals surface area contributed by atoms with Gasteiger partial charge in [-0.15, -0.1) is 12.4 Å². The smallest absolute Gasteiger partial charge is 0.237 e. The number of rotatable bonds is 5. The van der Waals surface area contributed by atoms with Gasteiger partial charge in [-0.2, -0.15) is 11.8 Å². The van der Waals surface area contributed by atoms with E-state index in [4.69, 9.17) is 0 Å². The molecule has 1 amide bonds. The summed E-state index contributed by atoms with van der Waals surface area (Å²) in [6.45, 7) is 4.46. The van der Waals surface area contributed by atoms with Gasteiger partial charge in [0, 0.05) is 18.1 Å². The number of hydrogen-bond acceptors (Lipinski definition) is 3. The van der Waals surface area contributed by atoms with Crippen molar-refractivity contribution in [2.45, 2.75) is 25.8 Å². The highest BCUT2D eigenvalue weighted by Crippen LogP contribution is 2.30. The molecule has 0 bridgehead atoms. The van der Waals surface area contributed by atoms with Gasteiger partial charge in [-0.3, -0.25) is 4.79 Å². The first-order valence-corrected chi connectivity index (χ1v) is 9.04. The van der Waals surface area contributed by atoms with E-state index in [1.165, 1.54) is 24.0 Å². The first-order valence-electron chi connectivity index (χ1n) is 7.88. The molecule has 1 unspecified atom stereocenters. The molecule has 1 atom stereocenters. The first-order chi connectivity index (χ1) is 10.2. The Bertz CT molecular complexity index is 490. The maximum atomic E-state index is 12.5. The van der Waals surface area contributed by atoms with Crippen molar-refractivity contribution >= 4 is 30.1 Å². The van der Waals surface area contributed by atoms with Crippen molar-refractivity contribution in [1.29, 1.82) is 0 Å². The van der Waals surface area contributed by atoms with Crippen molar-refractivity contribution in [3.05, 3.63) is 35.4 Å². The topological polar surface area (TPSA) is 32.3 Å². The minimum Gasteiger partial charge on any atom is -0.333 e. The second-order valence-corrected chi connectivity index (χ2v) is 7.31. The Morgan fingerprint density at radius 3 is 2.73 bits per heavy atom. The van der Waals surface area contributed by atoms with Crippen LogP contribution in [0.3, 0.4) is 0 Å². The Morgan fingerprint density at radius 2 is 2.05 bits per heavy atom.